The molecule has 0 aromatic rings. The molecule has 6 heteroatoms. The van der Waals surface area contributed by atoms with Crippen LogP contribution in [0.1, 0.15) is 1.37 Å². The quantitative estimate of drug-likeness (QED) is 0.291. The number of hydrogen-bond acceptors (Lipinski definition) is 6. The smallest absolute Gasteiger partial charge is 0.184 e. The lowest BCUT2D eigenvalue weighted by molar-refractivity contribution is -0.286. The molecule has 0 saturated carbocycles. The van der Waals surface area contributed by atoms with Gasteiger partial charge >= 0.3 is 0 Å². The van der Waals surface area contributed by atoms with Gasteiger partial charge in [-0.15, -0.1) is 0 Å². The van der Waals surface area contributed by atoms with Gasteiger partial charge in [-0.1, -0.05) is 0 Å². The topological polar surface area (TPSA) is 110 Å². The van der Waals surface area contributed by atoms with Crippen molar-refractivity contribution in [3.63, 3.8) is 0 Å². The molecule has 0 aromatic heterocycles. The fourth-order valence-corrected chi connectivity index (χ4v) is 0.991. The minimum atomic E-state index is -2.68. The summed E-state index contributed by atoms with van der Waals surface area (Å²) in [5, 5.41) is 45.0. The molecule has 0 radical (unpaired) electrons. The van der Waals surface area contributed by atoms with Crippen molar-refractivity contribution >= 4 is 0 Å². The maximum atomic E-state index is 9.16. The van der Waals surface area contributed by atoms with Crippen LogP contribution in [0, 0.1) is 0 Å². The van der Waals surface area contributed by atoms with Gasteiger partial charge in [0.05, 0.1) is 7.98 Å². The van der Waals surface area contributed by atoms with Crippen LogP contribution in [0.4, 0.5) is 0 Å². The summed E-state index contributed by atoms with van der Waals surface area (Å²) in [7, 11) is 0. The molecule has 1 heterocycles. The lowest BCUT2D eigenvalue weighted by Crippen LogP contribution is -2.58. The third-order valence-electron chi connectivity index (χ3n) is 1.74. The zero-order chi connectivity index (χ0) is 10.2. The number of aliphatic hydroxyl groups is 5. The molecule has 1 aliphatic heterocycles. The minimum Gasteiger partial charge on any atom is -0.394 e. The average molecular weight is 181 g/mol. The molecule has 0 bridgehead atoms. The Morgan fingerprint density at radius 2 is 1.75 bits per heavy atom. The van der Waals surface area contributed by atoms with Crippen molar-refractivity contribution in [2.75, 3.05) is 6.61 Å². The Labute approximate surface area is 70.0 Å². The molecule has 1 saturated heterocycles. The average Bonchev–Trinajstić information content (AvgIpc) is 2.09. The van der Waals surface area contributed by atoms with Gasteiger partial charge in [0.1, 0.15) is 24.4 Å². The third kappa shape index (κ3) is 1.58. The second-order valence-corrected chi connectivity index (χ2v) is 2.57. The molecule has 0 spiro atoms. The molecular weight excluding hydrogens is 168 g/mol. The van der Waals surface area contributed by atoms with Crippen LogP contribution < -0.4 is 0 Å². The van der Waals surface area contributed by atoms with E-state index in [9.17, 15) is 0 Å². The normalized spacial score (nSPS) is 56.6. The second-order valence-electron chi connectivity index (χ2n) is 2.57. The lowest BCUT2D eigenvalue weighted by atomic mass is 10.00. The van der Waals surface area contributed by atoms with Gasteiger partial charge in [-0.2, -0.15) is 0 Å². The van der Waals surface area contributed by atoms with Gasteiger partial charge in [-0.05, 0) is 0 Å². The van der Waals surface area contributed by atoms with E-state index < -0.39 is 37.3 Å². The Bertz CT molecular complexity index is 186. The molecular formula is C6H12O6. The van der Waals surface area contributed by atoms with Crippen LogP contribution in [0.2, 0.25) is 0 Å². The molecule has 5 N–H and O–H groups in total. The van der Waals surface area contributed by atoms with E-state index in [1.165, 1.54) is 0 Å². The first-order chi connectivity index (χ1) is 5.91. The van der Waals surface area contributed by atoms with Crippen LogP contribution in [0.3, 0.4) is 0 Å². The Morgan fingerprint density at radius 3 is 2.25 bits per heavy atom. The van der Waals surface area contributed by atoms with E-state index in [1.807, 2.05) is 0 Å². The molecule has 1 fully saturated rings. The molecule has 0 aliphatic carbocycles. The van der Waals surface area contributed by atoms with E-state index in [4.69, 9.17) is 26.9 Å². The van der Waals surface area contributed by atoms with Gasteiger partial charge < -0.3 is 30.3 Å². The Morgan fingerprint density at radius 1 is 1.17 bits per heavy atom. The predicted molar refractivity (Wildman–Crippen MR) is 36.0 cm³/mol. The minimum absolute atomic E-state index is 0.620. The second kappa shape index (κ2) is 3.65. The van der Waals surface area contributed by atoms with E-state index in [0.29, 0.717) is 0 Å². The largest absolute Gasteiger partial charge is 0.394 e. The number of rotatable bonds is 1. The molecule has 1 rings (SSSR count). The van der Waals surface area contributed by atoms with Gasteiger partial charge in [0.15, 0.2) is 6.29 Å². The van der Waals surface area contributed by atoms with Crippen molar-refractivity contribution in [3.05, 3.63) is 0 Å². The summed E-state index contributed by atoms with van der Waals surface area (Å²) < 4.78 is 11.5. The van der Waals surface area contributed by atoms with Gasteiger partial charge in [0.25, 0.3) is 0 Å². The van der Waals surface area contributed by atoms with E-state index >= 15 is 0 Å². The van der Waals surface area contributed by atoms with Crippen molar-refractivity contribution < 1.29 is 31.6 Å². The monoisotopic (exact) mass is 181 g/mol. The van der Waals surface area contributed by atoms with Crippen LogP contribution in [-0.4, -0.2) is 62.8 Å². The van der Waals surface area contributed by atoms with E-state index in [0.717, 1.165) is 0 Å². The summed E-state index contributed by atoms with van der Waals surface area (Å²) in [6.07, 6.45) is -9.31. The first-order valence-corrected chi connectivity index (χ1v) is 3.44. The summed E-state index contributed by atoms with van der Waals surface area (Å²) in [5.41, 5.74) is 0. The Balaban J connectivity index is 2.79. The zero-order valence-corrected chi connectivity index (χ0v) is 6.16. The van der Waals surface area contributed by atoms with Gasteiger partial charge in [0, 0.05) is 0 Å². The fraction of sp³-hybridized carbons (Fsp3) is 1.00. The van der Waals surface area contributed by atoms with Crippen molar-refractivity contribution in [1.29, 1.82) is 0 Å². The first-order valence-electron chi connectivity index (χ1n) is 3.94. The summed E-state index contributed by atoms with van der Waals surface area (Å²) in [6, 6.07) is 0. The van der Waals surface area contributed by atoms with Crippen molar-refractivity contribution in [3.8, 4) is 0 Å². The highest BCUT2D eigenvalue weighted by atomic mass is 16.6. The first kappa shape index (κ1) is 8.36. The van der Waals surface area contributed by atoms with Crippen LogP contribution >= 0.6 is 0 Å². The van der Waals surface area contributed by atoms with Gasteiger partial charge in [0.2, 0.25) is 0 Å². The molecule has 0 unspecified atom stereocenters. The Hall–Kier alpha value is -0.240. The number of aliphatic hydroxyl groups excluding tert-OH is 4. The summed E-state index contributed by atoms with van der Waals surface area (Å²) in [4.78, 5) is 0. The summed E-state index contributed by atoms with van der Waals surface area (Å²) >= 11 is 0. The van der Waals surface area contributed by atoms with E-state index in [1.54, 1.807) is 0 Å². The van der Waals surface area contributed by atoms with E-state index in [2.05, 4.69) is 4.74 Å². The molecule has 0 aromatic carbocycles. The highest BCUT2D eigenvalue weighted by molar-refractivity contribution is 4.87. The SMILES string of the molecule is [2H][C@]1(O)[C@@H](O)O[C@H](CO)[C@@H](O)[C@@H]1O. The Kier molecular flexibility index (Phi) is 2.54. The highest BCUT2D eigenvalue weighted by Crippen LogP contribution is 2.18. The zero-order valence-electron chi connectivity index (χ0n) is 7.16. The predicted octanol–water partition coefficient (Wildman–Crippen LogP) is -3.22. The van der Waals surface area contributed by atoms with Gasteiger partial charge in [-0.3, -0.25) is 0 Å². The molecule has 5 atom stereocenters. The fourth-order valence-electron chi connectivity index (χ4n) is 0.991. The highest BCUT2D eigenvalue weighted by Gasteiger charge is 2.42. The maximum Gasteiger partial charge on any atom is 0.184 e. The summed E-state index contributed by atoms with van der Waals surface area (Å²) in [6.45, 7) is -0.620. The van der Waals surface area contributed by atoms with Crippen LogP contribution in [0.25, 0.3) is 0 Å². The molecule has 1 aliphatic rings. The third-order valence-corrected chi connectivity index (χ3v) is 1.74. The molecule has 0 amide bonds. The molecule has 6 nitrogen and oxygen atoms in total. The van der Waals surface area contributed by atoms with E-state index in [-0.39, 0.29) is 0 Å². The van der Waals surface area contributed by atoms with Gasteiger partial charge in [-0.25, -0.2) is 0 Å². The lowest BCUT2D eigenvalue weighted by Gasteiger charge is -2.37. The van der Waals surface area contributed by atoms with Crippen molar-refractivity contribution in [2.24, 2.45) is 0 Å². The number of ether oxygens (including phenoxy) is 1. The number of hydrogen-bond donors (Lipinski definition) is 5. The standard InChI is InChI=1S/C6H12O6/c7-1-2-3(8)4(9)5(10)6(11)12-2/h2-11H,1H2/t2-,3-,4+,5-,6+/m1/s1/i5D. The van der Waals surface area contributed by atoms with Crippen molar-refractivity contribution in [1.82, 2.24) is 0 Å². The van der Waals surface area contributed by atoms with Crippen LogP contribution in [0.15, 0.2) is 0 Å². The van der Waals surface area contributed by atoms with Crippen molar-refractivity contribution in [2.45, 2.75) is 30.7 Å². The molecule has 12 heavy (non-hydrogen) atoms. The summed E-state index contributed by atoms with van der Waals surface area (Å²) in [5.74, 6) is 0. The molecule has 72 valence electrons. The van der Waals surface area contributed by atoms with Crippen LogP contribution in [-0.2, 0) is 4.74 Å². The maximum absolute atomic E-state index is 9.16. The van der Waals surface area contributed by atoms with Crippen LogP contribution in [0.5, 0.6) is 0 Å².